The maximum atomic E-state index is 12.2. The fourth-order valence-electron chi connectivity index (χ4n) is 1.32. The van der Waals surface area contributed by atoms with Gasteiger partial charge in [-0.3, -0.25) is 0 Å². The first-order valence-electron chi connectivity index (χ1n) is 4.80. The van der Waals surface area contributed by atoms with Crippen molar-refractivity contribution in [3.05, 3.63) is 0 Å². The van der Waals surface area contributed by atoms with Crippen molar-refractivity contribution in [3.8, 4) is 0 Å². The van der Waals surface area contributed by atoms with E-state index in [0.29, 0.717) is 0 Å². The van der Waals surface area contributed by atoms with Crippen LogP contribution in [0.1, 0.15) is 39.0 Å². The summed E-state index contributed by atoms with van der Waals surface area (Å²) in [6, 6.07) is 0. The van der Waals surface area contributed by atoms with E-state index in [2.05, 4.69) is 0 Å². The van der Waals surface area contributed by atoms with Crippen LogP contribution >= 0.6 is 0 Å². The Kier molecular flexibility index (Phi) is 5.45. The molecule has 1 atom stereocenters. The van der Waals surface area contributed by atoms with Gasteiger partial charge in [0, 0.05) is 6.42 Å². The van der Waals surface area contributed by atoms with E-state index in [-0.39, 0.29) is 25.7 Å². The Morgan fingerprint density at radius 2 is 1.47 bits per heavy atom. The van der Waals surface area contributed by atoms with Crippen LogP contribution in [0, 0.1) is 5.92 Å². The Bertz CT molecular complexity index is 168. The van der Waals surface area contributed by atoms with Gasteiger partial charge in [0.15, 0.2) is 0 Å². The molecule has 0 saturated carbocycles. The van der Waals surface area contributed by atoms with E-state index in [1.165, 1.54) is 6.92 Å². The first kappa shape index (κ1) is 14.6. The Labute approximate surface area is 84.7 Å². The number of alkyl halides is 6. The minimum atomic E-state index is -4.28. The molecular weight excluding hydrogens is 222 g/mol. The number of hydrogen-bond donors (Lipinski definition) is 0. The van der Waals surface area contributed by atoms with E-state index in [1.54, 1.807) is 0 Å². The maximum Gasteiger partial charge on any atom is 0.391 e. The van der Waals surface area contributed by atoms with Crippen LogP contribution in [0.25, 0.3) is 0 Å². The van der Waals surface area contributed by atoms with Gasteiger partial charge in [-0.05, 0) is 19.3 Å². The Hall–Kier alpha value is -0.420. The van der Waals surface area contributed by atoms with Gasteiger partial charge in [0.1, 0.15) is 0 Å². The van der Waals surface area contributed by atoms with Crippen LogP contribution in [0.4, 0.5) is 26.3 Å². The second-order valence-corrected chi connectivity index (χ2v) is 3.51. The summed E-state index contributed by atoms with van der Waals surface area (Å²) in [6.45, 7) is 1.39. The molecule has 6 heteroatoms. The highest BCUT2D eigenvalue weighted by molar-refractivity contribution is 4.66. The molecule has 0 aromatic rings. The highest BCUT2D eigenvalue weighted by Gasteiger charge is 2.37. The third-order valence-corrected chi connectivity index (χ3v) is 2.22. The molecule has 0 aromatic heterocycles. The third kappa shape index (κ3) is 7.50. The minimum absolute atomic E-state index is 0.0302. The topological polar surface area (TPSA) is 0 Å². The lowest BCUT2D eigenvalue weighted by Gasteiger charge is -2.18. The highest BCUT2D eigenvalue weighted by Crippen LogP contribution is 2.33. The summed E-state index contributed by atoms with van der Waals surface area (Å²) >= 11 is 0. The lowest BCUT2D eigenvalue weighted by molar-refractivity contribution is -0.177. The highest BCUT2D eigenvalue weighted by atomic mass is 19.4. The van der Waals surface area contributed by atoms with Gasteiger partial charge in [-0.2, -0.15) is 26.3 Å². The van der Waals surface area contributed by atoms with Gasteiger partial charge in [0.05, 0.1) is 5.92 Å². The molecule has 0 aliphatic rings. The largest absolute Gasteiger partial charge is 0.391 e. The van der Waals surface area contributed by atoms with E-state index >= 15 is 0 Å². The average Bonchev–Trinajstić information content (AvgIpc) is 1.99. The number of rotatable bonds is 5. The summed E-state index contributed by atoms with van der Waals surface area (Å²) in [5, 5.41) is 0. The SMILES string of the molecule is CCC(CCCCC(F)(F)F)C(F)(F)F. The molecule has 0 saturated heterocycles. The van der Waals surface area contributed by atoms with Crippen molar-refractivity contribution in [2.24, 2.45) is 5.92 Å². The molecule has 0 amide bonds. The molecule has 0 heterocycles. The molecule has 92 valence electrons. The van der Waals surface area contributed by atoms with Gasteiger partial charge in [0.25, 0.3) is 0 Å². The average molecular weight is 236 g/mol. The van der Waals surface area contributed by atoms with Crippen LogP contribution in [0.2, 0.25) is 0 Å². The van der Waals surface area contributed by atoms with Crippen LogP contribution in [0.5, 0.6) is 0 Å². The molecule has 0 N–H and O–H groups in total. The van der Waals surface area contributed by atoms with Crippen LogP contribution in [-0.4, -0.2) is 12.4 Å². The second-order valence-electron chi connectivity index (χ2n) is 3.51. The standard InChI is InChI=1S/C9H14F6/c1-2-7(9(13,14)15)5-3-4-6-8(10,11)12/h7H,2-6H2,1H3. The normalized spacial score (nSPS) is 15.4. The summed E-state index contributed by atoms with van der Waals surface area (Å²) in [5.41, 5.74) is 0. The van der Waals surface area contributed by atoms with Gasteiger partial charge in [-0.1, -0.05) is 13.3 Å². The second kappa shape index (κ2) is 5.61. The van der Waals surface area contributed by atoms with Gasteiger partial charge in [-0.15, -0.1) is 0 Å². The monoisotopic (exact) mass is 236 g/mol. The smallest absolute Gasteiger partial charge is 0.171 e. The number of halogens is 6. The minimum Gasteiger partial charge on any atom is -0.171 e. The van der Waals surface area contributed by atoms with Crippen LogP contribution in [0.15, 0.2) is 0 Å². The first-order valence-corrected chi connectivity index (χ1v) is 4.80. The van der Waals surface area contributed by atoms with Crippen molar-refractivity contribution in [2.75, 3.05) is 0 Å². The Balaban J connectivity index is 3.75. The van der Waals surface area contributed by atoms with E-state index in [0.717, 1.165) is 0 Å². The molecule has 15 heavy (non-hydrogen) atoms. The first-order chi connectivity index (χ1) is 6.67. The van der Waals surface area contributed by atoms with Gasteiger partial charge in [0.2, 0.25) is 0 Å². The number of hydrogen-bond acceptors (Lipinski definition) is 0. The molecule has 0 fully saturated rings. The van der Waals surface area contributed by atoms with Crippen molar-refractivity contribution < 1.29 is 26.3 Å². The van der Waals surface area contributed by atoms with Gasteiger partial charge < -0.3 is 0 Å². The Morgan fingerprint density at radius 3 is 1.80 bits per heavy atom. The summed E-state index contributed by atoms with van der Waals surface area (Å²) in [6.07, 6.45) is -10.1. The molecule has 1 unspecified atom stereocenters. The summed E-state index contributed by atoms with van der Waals surface area (Å²) in [4.78, 5) is 0. The van der Waals surface area contributed by atoms with Gasteiger partial charge in [-0.25, -0.2) is 0 Å². The fourth-order valence-corrected chi connectivity index (χ4v) is 1.32. The van der Waals surface area contributed by atoms with Crippen molar-refractivity contribution in [1.29, 1.82) is 0 Å². The summed E-state index contributed by atoms with van der Waals surface area (Å²) in [7, 11) is 0. The molecular formula is C9H14F6. The van der Waals surface area contributed by atoms with Crippen molar-refractivity contribution in [3.63, 3.8) is 0 Å². The van der Waals surface area contributed by atoms with Crippen molar-refractivity contribution in [1.82, 2.24) is 0 Å². The molecule has 0 rings (SSSR count). The summed E-state index contributed by atoms with van der Waals surface area (Å²) in [5.74, 6) is -1.47. The molecule has 0 nitrogen and oxygen atoms in total. The molecule has 0 aromatic carbocycles. The van der Waals surface area contributed by atoms with Crippen molar-refractivity contribution >= 4 is 0 Å². The quantitative estimate of drug-likeness (QED) is 0.479. The lowest BCUT2D eigenvalue weighted by Crippen LogP contribution is -2.22. The molecule has 0 aliphatic carbocycles. The van der Waals surface area contributed by atoms with E-state index < -0.39 is 24.7 Å². The zero-order valence-corrected chi connectivity index (χ0v) is 8.38. The van der Waals surface area contributed by atoms with Crippen LogP contribution < -0.4 is 0 Å². The van der Waals surface area contributed by atoms with E-state index in [4.69, 9.17) is 0 Å². The third-order valence-electron chi connectivity index (χ3n) is 2.22. The fraction of sp³-hybridized carbons (Fsp3) is 1.00. The summed E-state index contributed by atoms with van der Waals surface area (Å²) < 4.78 is 71.5. The number of unbranched alkanes of at least 4 members (excludes halogenated alkanes) is 1. The predicted octanol–water partition coefficient (Wildman–Crippen LogP) is 4.70. The zero-order chi connectivity index (χ0) is 12.1. The van der Waals surface area contributed by atoms with Crippen LogP contribution in [0.3, 0.4) is 0 Å². The van der Waals surface area contributed by atoms with Crippen LogP contribution in [-0.2, 0) is 0 Å². The molecule has 0 bridgehead atoms. The molecule has 0 aliphatic heterocycles. The maximum absolute atomic E-state index is 12.2. The zero-order valence-electron chi connectivity index (χ0n) is 8.38. The van der Waals surface area contributed by atoms with E-state index in [1.807, 2.05) is 0 Å². The van der Waals surface area contributed by atoms with Gasteiger partial charge >= 0.3 is 12.4 Å². The predicted molar refractivity (Wildman–Crippen MR) is 44.4 cm³/mol. The van der Waals surface area contributed by atoms with Crippen molar-refractivity contribution in [2.45, 2.75) is 51.4 Å². The Morgan fingerprint density at radius 1 is 0.933 bits per heavy atom. The molecule has 0 radical (unpaired) electrons. The lowest BCUT2D eigenvalue weighted by atomic mass is 9.98. The molecule has 0 spiro atoms. The van der Waals surface area contributed by atoms with E-state index in [9.17, 15) is 26.3 Å².